The van der Waals surface area contributed by atoms with Gasteiger partial charge in [-0.2, -0.15) is 0 Å². The maximum atomic E-state index is 6.14. The van der Waals surface area contributed by atoms with Crippen molar-refractivity contribution in [2.75, 3.05) is 17.7 Å². The van der Waals surface area contributed by atoms with Crippen LogP contribution in [-0.2, 0) is 0 Å². The normalized spacial score (nSPS) is 12.2. The van der Waals surface area contributed by atoms with Gasteiger partial charge in [0.2, 0.25) is 0 Å². The molecular weight excluding hydrogens is 224 g/mol. The van der Waals surface area contributed by atoms with Crippen LogP contribution in [0.25, 0.3) is 0 Å². The molecule has 1 unspecified atom stereocenters. The zero-order valence-corrected chi connectivity index (χ0v) is 11.8. The van der Waals surface area contributed by atoms with Crippen LogP contribution in [-0.4, -0.2) is 12.6 Å². The lowest BCUT2D eigenvalue weighted by molar-refractivity contribution is 0.319. The summed E-state index contributed by atoms with van der Waals surface area (Å²) in [4.78, 5) is 0. The topological polar surface area (TPSA) is 47.3 Å². The molecule has 1 atom stereocenters. The highest BCUT2D eigenvalue weighted by atomic mass is 16.5. The van der Waals surface area contributed by atoms with Gasteiger partial charge >= 0.3 is 0 Å². The summed E-state index contributed by atoms with van der Waals surface area (Å²) < 4.78 is 5.64. The zero-order chi connectivity index (χ0) is 13.4. The van der Waals surface area contributed by atoms with Crippen LogP contribution in [0.2, 0.25) is 0 Å². The lowest BCUT2D eigenvalue weighted by Gasteiger charge is -2.20. The second kappa shape index (κ2) is 7.85. The molecule has 1 aromatic rings. The molecule has 0 bridgehead atoms. The Morgan fingerprint density at radius 3 is 2.61 bits per heavy atom. The van der Waals surface area contributed by atoms with E-state index in [1.165, 1.54) is 6.42 Å². The summed E-state index contributed by atoms with van der Waals surface area (Å²) in [6, 6.07) is 6.42. The Balaban J connectivity index is 2.75. The molecule has 0 fully saturated rings. The smallest absolute Gasteiger partial charge is 0.144 e. The average Bonchev–Trinajstić information content (AvgIpc) is 2.39. The minimum atomic E-state index is 0.485. The van der Waals surface area contributed by atoms with Gasteiger partial charge in [0.25, 0.3) is 0 Å². The number of nitrogens with two attached hydrogens (primary N) is 1. The average molecular weight is 250 g/mol. The number of benzene rings is 1. The van der Waals surface area contributed by atoms with Crippen molar-refractivity contribution < 1.29 is 4.74 Å². The van der Waals surface area contributed by atoms with E-state index in [-0.39, 0.29) is 0 Å². The molecule has 0 aliphatic rings. The predicted octanol–water partition coefficient (Wildman–Crippen LogP) is 4.05. The predicted molar refractivity (Wildman–Crippen MR) is 79.3 cm³/mol. The first-order valence-corrected chi connectivity index (χ1v) is 7.00. The summed E-state index contributed by atoms with van der Waals surface area (Å²) in [6.07, 6.45) is 4.44. The number of anilines is 2. The third-order valence-corrected chi connectivity index (χ3v) is 3.02. The lowest BCUT2D eigenvalue weighted by Crippen LogP contribution is -2.19. The van der Waals surface area contributed by atoms with Crippen molar-refractivity contribution in [1.29, 1.82) is 0 Å². The van der Waals surface area contributed by atoms with Crippen molar-refractivity contribution in [2.45, 2.75) is 52.5 Å². The van der Waals surface area contributed by atoms with Gasteiger partial charge < -0.3 is 15.8 Å². The lowest BCUT2D eigenvalue weighted by atomic mass is 10.1. The highest BCUT2D eigenvalue weighted by molar-refractivity contribution is 5.73. The fraction of sp³-hybridized carbons (Fsp3) is 0.600. The zero-order valence-electron chi connectivity index (χ0n) is 11.8. The summed E-state index contributed by atoms with van der Waals surface area (Å²) in [6.45, 7) is 7.20. The first-order chi connectivity index (χ1) is 8.72. The SMILES string of the molecule is CCCOc1cccc(NC(CC)CCC)c1N. The molecule has 0 saturated heterocycles. The number of nitrogens with one attached hydrogen (secondary N) is 1. The number of nitrogen functional groups attached to an aromatic ring is 1. The first-order valence-electron chi connectivity index (χ1n) is 7.00. The molecule has 0 aliphatic heterocycles. The molecule has 0 heterocycles. The van der Waals surface area contributed by atoms with Crippen LogP contribution in [0.15, 0.2) is 18.2 Å². The van der Waals surface area contributed by atoms with E-state index in [4.69, 9.17) is 10.5 Å². The maximum Gasteiger partial charge on any atom is 0.144 e. The first kappa shape index (κ1) is 14.7. The van der Waals surface area contributed by atoms with Crippen LogP contribution in [0.4, 0.5) is 11.4 Å². The van der Waals surface area contributed by atoms with E-state index in [2.05, 4.69) is 26.1 Å². The minimum absolute atomic E-state index is 0.485. The number of rotatable bonds is 8. The second-order valence-electron chi connectivity index (χ2n) is 4.60. The van der Waals surface area contributed by atoms with E-state index >= 15 is 0 Å². The van der Waals surface area contributed by atoms with Gasteiger partial charge in [0.15, 0.2) is 0 Å². The monoisotopic (exact) mass is 250 g/mol. The van der Waals surface area contributed by atoms with Crippen LogP contribution in [0.1, 0.15) is 46.5 Å². The standard InChI is InChI=1S/C15H26N2O/c1-4-8-12(6-3)17-13-9-7-10-14(15(13)16)18-11-5-2/h7,9-10,12,17H,4-6,8,11,16H2,1-3H3. The fourth-order valence-corrected chi connectivity index (χ4v) is 1.95. The van der Waals surface area contributed by atoms with Gasteiger partial charge in [-0.25, -0.2) is 0 Å². The van der Waals surface area contributed by atoms with Crippen LogP contribution in [0, 0.1) is 0 Å². The summed E-state index contributed by atoms with van der Waals surface area (Å²) in [5.74, 6) is 0.785. The molecule has 1 aromatic carbocycles. The molecule has 0 spiro atoms. The molecule has 0 aliphatic carbocycles. The Bertz CT molecular complexity index is 352. The highest BCUT2D eigenvalue weighted by Gasteiger charge is 2.10. The van der Waals surface area contributed by atoms with Crippen molar-refractivity contribution in [3.63, 3.8) is 0 Å². The van der Waals surface area contributed by atoms with Crippen LogP contribution in [0.5, 0.6) is 5.75 Å². The Kier molecular flexibility index (Phi) is 6.40. The van der Waals surface area contributed by atoms with Crippen LogP contribution < -0.4 is 15.8 Å². The van der Waals surface area contributed by atoms with Gasteiger partial charge in [-0.15, -0.1) is 0 Å². The Morgan fingerprint density at radius 2 is 2.00 bits per heavy atom. The van der Waals surface area contributed by atoms with Crippen LogP contribution >= 0.6 is 0 Å². The van der Waals surface area contributed by atoms with Crippen molar-refractivity contribution >= 4 is 11.4 Å². The number of hydrogen-bond donors (Lipinski definition) is 2. The van der Waals surface area contributed by atoms with Gasteiger partial charge in [0.05, 0.1) is 18.0 Å². The Hall–Kier alpha value is -1.38. The van der Waals surface area contributed by atoms with Crippen molar-refractivity contribution in [1.82, 2.24) is 0 Å². The van der Waals surface area contributed by atoms with Crippen molar-refractivity contribution in [2.24, 2.45) is 0 Å². The molecule has 18 heavy (non-hydrogen) atoms. The van der Waals surface area contributed by atoms with Gasteiger partial charge in [0, 0.05) is 6.04 Å². The molecule has 0 aromatic heterocycles. The van der Waals surface area contributed by atoms with Crippen LogP contribution in [0.3, 0.4) is 0 Å². The van der Waals surface area contributed by atoms with Gasteiger partial charge in [0.1, 0.15) is 5.75 Å². The molecule has 0 amide bonds. The Labute approximate surface area is 111 Å². The quantitative estimate of drug-likeness (QED) is 0.684. The molecule has 1 rings (SSSR count). The van der Waals surface area contributed by atoms with E-state index in [0.717, 1.165) is 36.4 Å². The molecule has 0 radical (unpaired) electrons. The fourth-order valence-electron chi connectivity index (χ4n) is 1.95. The molecule has 3 nitrogen and oxygen atoms in total. The van der Waals surface area contributed by atoms with E-state index < -0.39 is 0 Å². The van der Waals surface area contributed by atoms with E-state index in [1.807, 2.05) is 18.2 Å². The summed E-state index contributed by atoms with van der Waals surface area (Å²) in [5.41, 5.74) is 7.85. The summed E-state index contributed by atoms with van der Waals surface area (Å²) in [7, 11) is 0. The van der Waals surface area contributed by atoms with Gasteiger partial charge in [-0.1, -0.05) is 33.3 Å². The van der Waals surface area contributed by atoms with Crippen molar-refractivity contribution in [3.05, 3.63) is 18.2 Å². The third-order valence-electron chi connectivity index (χ3n) is 3.02. The highest BCUT2D eigenvalue weighted by Crippen LogP contribution is 2.30. The second-order valence-corrected chi connectivity index (χ2v) is 4.60. The molecular formula is C15H26N2O. The number of para-hydroxylation sites is 1. The van der Waals surface area contributed by atoms with E-state index in [0.29, 0.717) is 12.6 Å². The van der Waals surface area contributed by atoms with Gasteiger partial charge in [-0.05, 0) is 31.4 Å². The molecule has 3 N–H and O–H groups in total. The summed E-state index contributed by atoms with van der Waals surface area (Å²) >= 11 is 0. The van der Waals surface area contributed by atoms with Gasteiger partial charge in [-0.3, -0.25) is 0 Å². The number of ether oxygens (including phenoxy) is 1. The third kappa shape index (κ3) is 4.13. The Morgan fingerprint density at radius 1 is 1.22 bits per heavy atom. The largest absolute Gasteiger partial charge is 0.491 e. The van der Waals surface area contributed by atoms with E-state index in [9.17, 15) is 0 Å². The molecule has 0 saturated carbocycles. The van der Waals surface area contributed by atoms with Crippen molar-refractivity contribution in [3.8, 4) is 5.75 Å². The molecule has 3 heteroatoms. The molecule has 102 valence electrons. The number of hydrogen-bond acceptors (Lipinski definition) is 3. The summed E-state index contributed by atoms with van der Waals surface area (Å²) in [5, 5.41) is 3.51. The minimum Gasteiger partial charge on any atom is -0.491 e. The van der Waals surface area contributed by atoms with E-state index in [1.54, 1.807) is 0 Å². The maximum absolute atomic E-state index is 6.14.